The predicted octanol–water partition coefficient (Wildman–Crippen LogP) is 2.61. The molecule has 3 heterocycles. The van der Waals surface area contributed by atoms with Crippen LogP contribution < -0.4 is 4.90 Å². The Labute approximate surface area is 235 Å². The maximum absolute atomic E-state index is 13.5. The molecule has 220 valence electrons. The van der Waals surface area contributed by atoms with Crippen molar-refractivity contribution in [3.05, 3.63) is 46.3 Å². The molecular weight excluding hydrogens is 539 g/mol. The summed E-state index contributed by atoms with van der Waals surface area (Å²) >= 11 is 0. The highest BCUT2D eigenvalue weighted by Crippen LogP contribution is 2.88. The number of rotatable bonds is 7. The Balaban J connectivity index is 1.01. The van der Waals surface area contributed by atoms with Crippen molar-refractivity contribution in [2.24, 2.45) is 11.8 Å². The number of alkyl halides is 3. The summed E-state index contributed by atoms with van der Waals surface area (Å²) in [5, 5.41) is 13.7. The van der Waals surface area contributed by atoms with Crippen molar-refractivity contribution >= 4 is 17.5 Å². The fourth-order valence-electron chi connectivity index (χ4n) is 7.51. The number of amides is 2. The van der Waals surface area contributed by atoms with Crippen LogP contribution in [0.3, 0.4) is 0 Å². The number of halogens is 3. The fourth-order valence-corrected chi connectivity index (χ4v) is 7.51. The van der Waals surface area contributed by atoms with Gasteiger partial charge in [0, 0.05) is 62.1 Å². The first-order valence-corrected chi connectivity index (χ1v) is 14.5. The molecule has 41 heavy (non-hydrogen) atoms. The van der Waals surface area contributed by atoms with Crippen LogP contribution in [0.4, 0.5) is 18.9 Å². The third-order valence-corrected chi connectivity index (χ3v) is 9.75. The minimum atomic E-state index is -4.41. The standard InChI is InChI=1S/C29H34F3N5O4/c1-16-18(29(30,31)32)3-2-4-19(16)34-9-11-35(12-10-34)20(39)15-37-27-24-21-22(24)23(21)25(27)26(33-37)28(40)36-7-5-17(6-8-36)41-14-13-38/h2-4,17,21-24,38H,5-15H2,1H3/t21-,22?,23-,24?/m0/s1. The number of aliphatic hydroxyl groups excluding tert-OH is 1. The lowest BCUT2D eigenvalue weighted by molar-refractivity contribution is -0.138. The molecule has 0 spiro atoms. The number of ether oxygens (including phenoxy) is 1. The van der Waals surface area contributed by atoms with E-state index < -0.39 is 11.7 Å². The van der Waals surface area contributed by atoms with Gasteiger partial charge in [-0.3, -0.25) is 14.3 Å². The summed E-state index contributed by atoms with van der Waals surface area (Å²) in [6.45, 7) is 4.71. The number of nitrogens with zero attached hydrogens (tertiary/aromatic N) is 5. The molecule has 2 amide bonds. The van der Waals surface area contributed by atoms with Crippen LogP contribution in [-0.2, 0) is 22.3 Å². The molecule has 4 atom stereocenters. The lowest BCUT2D eigenvalue weighted by Gasteiger charge is -2.37. The summed E-state index contributed by atoms with van der Waals surface area (Å²) in [4.78, 5) is 32.4. The highest BCUT2D eigenvalue weighted by Gasteiger charge is 2.81. The third kappa shape index (κ3) is 4.41. The molecule has 1 aromatic carbocycles. The third-order valence-electron chi connectivity index (χ3n) is 9.75. The molecule has 2 aromatic rings. The molecular formula is C29H34F3N5O4. The molecule has 2 aliphatic heterocycles. The van der Waals surface area contributed by atoms with Gasteiger partial charge in [-0.05, 0) is 55.2 Å². The molecule has 12 heteroatoms. The smallest absolute Gasteiger partial charge is 0.394 e. The van der Waals surface area contributed by atoms with Crippen molar-refractivity contribution in [1.29, 1.82) is 0 Å². The van der Waals surface area contributed by atoms with Gasteiger partial charge in [0.2, 0.25) is 5.91 Å². The van der Waals surface area contributed by atoms with Crippen LogP contribution in [0.5, 0.6) is 0 Å². The van der Waals surface area contributed by atoms with E-state index in [9.17, 15) is 22.8 Å². The van der Waals surface area contributed by atoms with Crippen LogP contribution in [-0.4, -0.2) is 95.1 Å². The highest BCUT2D eigenvalue weighted by atomic mass is 19.4. The Bertz CT molecular complexity index is 1370. The Morgan fingerprint density at radius 2 is 1.73 bits per heavy atom. The van der Waals surface area contributed by atoms with E-state index in [1.54, 1.807) is 15.6 Å². The molecule has 2 saturated heterocycles. The van der Waals surface area contributed by atoms with Gasteiger partial charge in [-0.25, -0.2) is 0 Å². The summed E-state index contributed by atoms with van der Waals surface area (Å²) in [6.07, 6.45) is -2.93. The van der Waals surface area contributed by atoms with E-state index in [1.807, 2.05) is 9.80 Å². The average Bonchev–Trinajstić information content (AvgIpc) is 3.73. The first-order valence-electron chi connectivity index (χ1n) is 14.5. The molecule has 1 aromatic heterocycles. The van der Waals surface area contributed by atoms with Gasteiger partial charge in [-0.1, -0.05) is 6.07 Å². The average molecular weight is 574 g/mol. The zero-order chi connectivity index (χ0) is 28.6. The quantitative estimate of drug-likeness (QED) is 0.548. The van der Waals surface area contributed by atoms with Gasteiger partial charge in [-0.2, -0.15) is 18.3 Å². The summed E-state index contributed by atoms with van der Waals surface area (Å²) in [5.41, 5.74) is 2.71. The van der Waals surface area contributed by atoms with Crippen molar-refractivity contribution in [3.8, 4) is 0 Å². The van der Waals surface area contributed by atoms with E-state index >= 15 is 0 Å². The lowest BCUT2D eigenvalue weighted by Crippen LogP contribution is -2.50. The van der Waals surface area contributed by atoms with Crippen LogP contribution in [0.25, 0.3) is 0 Å². The van der Waals surface area contributed by atoms with Crippen LogP contribution in [0.15, 0.2) is 18.2 Å². The molecule has 2 saturated carbocycles. The Morgan fingerprint density at radius 3 is 2.39 bits per heavy atom. The van der Waals surface area contributed by atoms with Gasteiger partial charge >= 0.3 is 6.18 Å². The number of hydrogen-bond acceptors (Lipinski definition) is 6. The van der Waals surface area contributed by atoms with Gasteiger partial charge in [0.15, 0.2) is 5.69 Å². The number of piperazine rings is 1. The van der Waals surface area contributed by atoms with Crippen molar-refractivity contribution in [3.63, 3.8) is 0 Å². The predicted molar refractivity (Wildman–Crippen MR) is 142 cm³/mol. The molecule has 6 aliphatic rings. The zero-order valence-corrected chi connectivity index (χ0v) is 22.9. The van der Waals surface area contributed by atoms with E-state index in [2.05, 4.69) is 0 Å². The summed E-state index contributed by atoms with van der Waals surface area (Å²) < 4.78 is 47.6. The normalized spacial score (nSPS) is 26.7. The summed E-state index contributed by atoms with van der Waals surface area (Å²) in [6, 6.07) is 4.23. The van der Waals surface area contributed by atoms with Crippen LogP contribution in [0.2, 0.25) is 0 Å². The van der Waals surface area contributed by atoms with Gasteiger partial charge < -0.3 is 24.5 Å². The molecule has 4 aliphatic carbocycles. The SMILES string of the molecule is Cc1c(N2CCN(C(=O)Cn3nc(C(=O)N4CCC(OCCO)CC4)c4c3C3C5[C@H]3[C@H]45)CC2)cccc1C(F)(F)F. The largest absolute Gasteiger partial charge is 0.416 e. The lowest BCUT2D eigenvalue weighted by atomic mass is 10.0. The monoisotopic (exact) mass is 573 g/mol. The molecule has 1 N–H and O–H groups in total. The number of anilines is 1. The maximum atomic E-state index is 13.5. The fraction of sp³-hybridized carbons (Fsp3) is 0.621. The van der Waals surface area contributed by atoms with E-state index in [1.165, 1.54) is 13.0 Å². The number of aliphatic hydroxyl groups is 1. The molecule has 2 unspecified atom stereocenters. The van der Waals surface area contributed by atoms with Crippen LogP contribution in [0.1, 0.15) is 57.6 Å². The van der Waals surface area contributed by atoms with Gasteiger partial charge in [0.05, 0.1) is 24.9 Å². The van der Waals surface area contributed by atoms with Gasteiger partial charge in [0.1, 0.15) is 6.54 Å². The Kier molecular flexibility index (Phi) is 6.35. The van der Waals surface area contributed by atoms with Crippen LogP contribution in [0, 0.1) is 18.8 Å². The molecule has 4 fully saturated rings. The second-order valence-corrected chi connectivity index (χ2v) is 11.9. The van der Waals surface area contributed by atoms with E-state index in [4.69, 9.17) is 14.9 Å². The number of piperidine rings is 1. The molecule has 8 rings (SSSR count). The number of carbonyl (C=O) groups is 2. The first-order chi connectivity index (χ1) is 19.7. The zero-order valence-electron chi connectivity index (χ0n) is 22.9. The second kappa shape index (κ2) is 9.72. The minimum absolute atomic E-state index is 0.0164. The number of hydrogen-bond donors (Lipinski definition) is 1. The molecule has 9 nitrogen and oxygen atoms in total. The van der Waals surface area contributed by atoms with Gasteiger partial charge in [0.25, 0.3) is 5.91 Å². The highest BCUT2D eigenvalue weighted by molar-refractivity contribution is 5.96. The maximum Gasteiger partial charge on any atom is 0.416 e. The number of carbonyl (C=O) groups excluding carboxylic acids is 2. The van der Waals surface area contributed by atoms with Crippen molar-refractivity contribution in [1.82, 2.24) is 19.6 Å². The van der Waals surface area contributed by atoms with Crippen molar-refractivity contribution in [2.45, 2.75) is 50.4 Å². The number of benzene rings is 1. The summed E-state index contributed by atoms with van der Waals surface area (Å²) in [5.74, 6) is 1.86. The molecule has 0 radical (unpaired) electrons. The van der Waals surface area contributed by atoms with E-state index in [0.29, 0.717) is 80.9 Å². The van der Waals surface area contributed by atoms with E-state index in [0.717, 1.165) is 30.2 Å². The van der Waals surface area contributed by atoms with Crippen LogP contribution >= 0.6 is 0 Å². The minimum Gasteiger partial charge on any atom is -0.394 e. The van der Waals surface area contributed by atoms with Gasteiger partial charge in [-0.15, -0.1) is 0 Å². The molecule has 2 bridgehead atoms. The summed E-state index contributed by atoms with van der Waals surface area (Å²) in [7, 11) is 0. The Morgan fingerprint density at radius 1 is 1.02 bits per heavy atom. The van der Waals surface area contributed by atoms with E-state index in [-0.39, 0.29) is 36.6 Å². The Hall–Kier alpha value is -3.12. The van der Waals surface area contributed by atoms with Crippen molar-refractivity contribution in [2.75, 3.05) is 57.4 Å². The number of aromatic nitrogens is 2. The second-order valence-electron chi connectivity index (χ2n) is 11.9. The first kappa shape index (κ1) is 26.8. The number of likely N-dealkylation sites (tertiary alicyclic amines) is 1. The topological polar surface area (TPSA) is 91.1 Å². The van der Waals surface area contributed by atoms with Crippen molar-refractivity contribution < 1.29 is 32.6 Å².